The van der Waals surface area contributed by atoms with E-state index in [9.17, 15) is 4.79 Å². The van der Waals surface area contributed by atoms with Crippen LogP contribution in [0.1, 0.15) is 36.2 Å². The van der Waals surface area contributed by atoms with Crippen molar-refractivity contribution >= 4 is 22.6 Å². The molecule has 162 valence electrons. The first-order valence-electron chi connectivity index (χ1n) is 11.1. The van der Waals surface area contributed by atoms with Crippen molar-refractivity contribution in [2.45, 2.75) is 32.2 Å². The van der Waals surface area contributed by atoms with Gasteiger partial charge < -0.3 is 14.2 Å². The maximum atomic E-state index is 12.9. The molecule has 1 aliphatic heterocycles. The fraction of sp³-hybridized carbons (Fsp3) is 0.259. The summed E-state index contributed by atoms with van der Waals surface area (Å²) in [5.74, 6) is 2.03. The predicted octanol–water partition coefficient (Wildman–Crippen LogP) is 5.18. The normalized spacial score (nSPS) is 16.1. The predicted molar refractivity (Wildman–Crippen MR) is 127 cm³/mol. The highest BCUT2D eigenvalue weighted by Gasteiger charge is 2.34. The lowest BCUT2D eigenvalue weighted by molar-refractivity contribution is -0.117. The Labute approximate surface area is 188 Å². The molecule has 5 heteroatoms. The van der Waals surface area contributed by atoms with Gasteiger partial charge in [0.15, 0.2) is 0 Å². The third kappa shape index (κ3) is 3.75. The second-order valence-electron chi connectivity index (χ2n) is 8.32. The van der Waals surface area contributed by atoms with E-state index in [0.717, 1.165) is 34.7 Å². The molecule has 5 nitrogen and oxygen atoms in total. The number of methoxy groups -OCH3 is 1. The molecule has 0 saturated carbocycles. The molecule has 0 spiro atoms. The summed E-state index contributed by atoms with van der Waals surface area (Å²) in [7, 11) is 1.68. The van der Waals surface area contributed by atoms with E-state index in [1.54, 1.807) is 7.11 Å². The van der Waals surface area contributed by atoms with Gasteiger partial charge in [-0.15, -0.1) is 0 Å². The number of amides is 1. The number of imidazole rings is 1. The lowest BCUT2D eigenvalue weighted by atomic mass is 10.1. The number of hydrogen-bond donors (Lipinski definition) is 0. The summed E-state index contributed by atoms with van der Waals surface area (Å²) < 4.78 is 7.56. The summed E-state index contributed by atoms with van der Waals surface area (Å²) in [6.07, 6.45) is 1.47. The van der Waals surface area contributed by atoms with Gasteiger partial charge in [-0.05, 0) is 53.9 Å². The molecule has 1 aliphatic rings. The van der Waals surface area contributed by atoms with Crippen LogP contribution in [0.15, 0.2) is 72.8 Å². The Bertz CT molecular complexity index is 1240. The SMILES string of the molecule is CCc1ccc(N2CC(c3nc4ccccc4n3Cc3ccc(OC)cc3)CC2=O)cc1. The summed E-state index contributed by atoms with van der Waals surface area (Å²) >= 11 is 0. The molecule has 3 aromatic carbocycles. The van der Waals surface area contributed by atoms with Gasteiger partial charge in [-0.2, -0.15) is 0 Å². The van der Waals surface area contributed by atoms with Crippen molar-refractivity contribution < 1.29 is 9.53 Å². The number of benzene rings is 3. The monoisotopic (exact) mass is 425 g/mol. The van der Waals surface area contributed by atoms with Gasteiger partial charge in [0.2, 0.25) is 5.91 Å². The van der Waals surface area contributed by atoms with Crippen molar-refractivity contribution in [2.75, 3.05) is 18.6 Å². The lowest BCUT2D eigenvalue weighted by Crippen LogP contribution is -2.24. The van der Waals surface area contributed by atoms with Gasteiger partial charge in [0.1, 0.15) is 11.6 Å². The maximum absolute atomic E-state index is 12.9. The van der Waals surface area contributed by atoms with E-state index in [1.165, 1.54) is 11.1 Å². The molecule has 0 bridgehead atoms. The van der Waals surface area contributed by atoms with Gasteiger partial charge in [-0.25, -0.2) is 4.98 Å². The Morgan fingerprint density at radius 1 is 0.969 bits per heavy atom. The number of carbonyl (C=O) groups excluding carboxylic acids is 1. The molecule has 1 aromatic heterocycles. The molecule has 4 aromatic rings. The Kier molecular flexibility index (Phi) is 5.39. The molecule has 0 aliphatic carbocycles. The Hall–Kier alpha value is -3.60. The molecule has 1 unspecified atom stereocenters. The van der Waals surface area contributed by atoms with Gasteiger partial charge in [0, 0.05) is 31.1 Å². The molecule has 1 atom stereocenters. The largest absolute Gasteiger partial charge is 0.497 e. The number of rotatable bonds is 6. The first-order valence-corrected chi connectivity index (χ1v) is 11.1. The molecule has 2 heterocycles. The molecular formula is C27H27N3O2. The van der Waals surface area contributed by atoms with Crippen LogP contribution in [0.4, 0.5) is 5.69 Å². The van der Waals surface area contributed by atoms with Crippen LogP contribution in [0.3, 0.4) is 0 Å². The minimum Gasteiger partial charge on any atom is -0.497 e. The van der Waals surface area contributed by atoms with Crippen LogP contribution in [-0.4, -0.2) is 29.1 Å². The minimum atomic E-state index is 0.0546. The first-order chi connectivity index (χ1) is 15.7. The highest BCUT2D eigenvalue weighted by Crippen LogP contribution is 2.33. The third-order valence-corrected chi connectivity index (χ3v) is 6.33. The van der Waals surface area contributed by atoms with E-state index in [4.69, 9.17) is 9.72 Å². The lowest BCUT2D eigenvalue weighted by Gasteiger charge is -2.18. The van der Waals surface area contributed by atoms with Crippen LogP contribution in [0.25, 0.3) is 11.0 Å². The number of anilines is 1. The van der Waals surface area contributed by atoms with Gasteiger partial charge in [0.05, 0.1) is 18.1 Å². The zero-order chi connectivity index (χ0) is 22.1. The molecular weight excluding hydrogens is 398 g/mol. The van der Waals surface area contributed by atoms with E-state index in [1.807, 2.05) is 35.2 Å². The van der Waals surface area contributed by atoms with Gasteiger partial charge in [-0.3, -0.25) is 4.79 Å². The molecule has 1 amide bonds. The quantitative estimate of drug-likeness (QED) is 0.428. The first kappa shape index (κ1) is 20.3. The number of nitrogens with zero attached hydrogens (tertiary/aromatic N) is 3. The van der Waals surface area contributed by atoms with E-state index in [-0.39, 0.29) is 11.8 Å². The highest BCUT2D eigenvalue weighted by molar-refractivity contribution is 5.96. The van der Waals surface area contributed by atoms with Crippen molar-refractivity contribution in [2.24, 2.45) is 0 Å². The van der Waals surface area contributed by atoms with E-state index < -0.39 is 0 Å². The molecule has 5 rings (SSSR count). The van der Waals surface area contributed by atoms with Gasteiger partial charge >= 0.3 is 0 Å². The minimum absolute atomic E-state index is 0.0546. The third-order valence-electron chi connectivity index (χ3n) is 6.33. The van der Waals surface area contributed by atoms with E-state index in [0.29, 0.717) is 19.5 Å². The van der Waals surface area contributed by atoms with Crippen molar-refractivity contribution in [3.05, 3.63) is 89.7 Å². The van der Waals surface area contributed by atoms with Crippen LogP contribution in [0.2, 0.25) is 0 Å². The molecule has 32 heavy (non-hydrogen) atoms. The molecule has 0 N–H and O–H groups in total. The molecule has 0 radical (unpaired) electrons. The van der Waals surface area contributed by atoms with E-state index >= 15 is 0 Å². The average Bonchev–Trinajstić information content (AvgIpc) is 3.40. The topological polar surface area (TPSA) is 47.4 Å². The van der Waals surface area contributed by atoms with Crippen LogP contribution in [0, 0.1) is 0 Å². The average molecular weight is 426 g/mol. The van der Waals surface area contributed by atoms with Gasteiger partial charge in [-0.1, -0.05) is 43.3 Å². The van der Waals surface area contributed by atoms with Crippen molar-refractivity contribution in [1.82, 2.24) is 9.55 Å². The number of aryl methyl sites for hydroxylation is 1. The van der Waals surface area contributed by atoms with Crippen LogP contribution in [-0.2, 0) is 17.8 Å². The molecule has 1 fully saturated rings. The standard InChI is InChI=1S/C27H27N3O2/c1-3-19-8-12-22(13-9-19)29-18-21(16-26(29)31)27-28-24-6-4-5-7-25(24)30(27)17-20-10-14-23(32-2)15-11-20/h4-15,21H,3,16-18H2,1-2H3. The Morgan fingerprint density at radius 2 is 1.69 bits per heavy atom. The van der Waals surface area contributed by atoms with Crippen molar-refractivity contribution in [1.29, 1.82) is 0 Å². The summed E-state index contributed by atoms with van der Waals surface area (Å²) in [6.45, 7) is 3.49. The number of ether oxygens (including phenoxy) is 1. The second-order valence-corrected chi connectivity index (χ2v) is 8.32. The summed E-state index contributed by atoms with van der Waals surface area (Å²) in [5.41, 5.74) is 5.48. The van der Waals surface area contributed by atoms with Gasteiger partial charge in [0.25, 0.3) is 0 Å². The summed E-state index contributed by atoms with van der Waals surface area (Å²) in [6, 6.07) is 24.6. The zero-order valence-electron chi connectivity index (χ0n) is 18.5. The highest BCUT2D eigenvalue weighted by atomic mass is 16.5. The Balaban J connectivity index is 1.48. The van der Waals surface area contributed by atoms with E-state index in [2.05, 4.69) is 54.0 Å². The summed E-state index contributed by atoms with van der Waals surface area (Å²) in [5, 5.41) is 0. The zero-order valence-corrected chi connectivity index (χ0v) is 18.5. The second kappa shape index (κ2) is 8.50. The molecule has 1 saturated heterocycles. The number of hydrogen-bond acceptors (Lipinski definition) is 3. The number of carbonyl (C=O) groups is 1. The summed E-state index contributed by atoms with van der Waals surface area (Å²) in [4.78, 5) is 19.8. The van der Waals surface area contributed by atoms with Crippen LogP contribution in [0.5, 0.6) is 5.75 Å². The van der Waals surface area contributed by atoms with Crippen molar-refractivity contribution in [3.63, 3.8) is 0 Å². The van der Waals surface area contributed by atoms with Crippen molar-refractivity contribution in [3.8, 4) is 5.75 Å². The number of para-hydroxylation sites is 2. The number of fused-ring (bicyclic) bond motifs is 1. The Morgan fingerprint density at radius 3 is 2.41 bits per heavy atom. The van der Waals surface area contributed by atoms with Crippen LogP contribution < -0.4 is 9.64 Å². The fourth-order valence-corrected chi connectivity index (χ4v) is 4.53. The maximum Gasteiger partial charge on any atom is 0.227 e. The fourth-order valence-electron chi connectivity index (χ4n) is 4.53. The van der Waals surface area contributed by atoms with Crippen LogP contribution >= 0.6 is 0 Å². The smallest absolute Gasteiger partial charge is 0.227 e. The number of aromatic nitrogens is 2.